The van der Waals surface area contributed by atoms with Gasteiger partial charge in [-0.1, -0.05) is 65.8 Å². The van der Waals surface area contributed by atoms with Crippen molar-refractivity contribution in [1.29, 1.82) is 0 Å². The topological polar surface area (TPSA) is 79.5 Å². The molecule has 1 amide bonds. The van der Waals surface area contributed by atoms with E-state index in [1.807, 2.05) is 60.7 Å². The van der Waals surface area contributed by atoms with Crippen molar-refractivity contribution in [2.75, 3.05) is 5.75 Å². The predicted molar refractivity (Wildman–Crippen MR) is 139 cm³/mol. The Morgan fingerprint density at radius 2 is 1.94 bits per heavy atom. The van der Waals surface area contributed by atoms with Crippen LogP contribution in [0.2, 0.25) is 5.02 Å². The number of nitrogens with one attached hydrogen (secondary N) is 1. The number of carbonyl (C=O) groups excluding carboxylic acids is 1. The van der Waals surface area contributed by atoms with E-state index in [9.17, 15) is 9.90 Å². The van der Waals surface area contributed by atoms with E-state index in [1.165, 1.54) is 18.0 Å². The number of hydrazone groups is 1. The first-order valence-electron chi connectivity index (χ1n) is 10.6. The van der Waals surface area contributed by atoms with Crippen LogP contribution in [0.5, 0.6) is 5.75 Å². The number of nitrogens with zero attached hydrogens (tertiary/aromatic N) is 3. The Hall–Kier alpha value is -3.55. The average Bonchev–Trinajstić information content (AvgIpc) is 3.19. The summed E-state index contributed by atoms with van der Waals surface area (Å²) in [5, 5.41) is 15.7. The van der Waals surface area contributed by atoms with E-state index in [-0.39, 0.29) is 17.4 Å². The average molecular weight is 491 g/mol. The van der Waals surface area contributed by atoms with E-state index >= 15 is 0 Å². The molecule has 0 saturated carbocycles. The second-order valence-corrected chi connectivity index (χ2v) is 8.90. The highest BCUT2D eigenvalue weighted by Crippen LogP contribution is 2.26. The molecule has 0 spiro atoms. The SMILES string of the molecule is C=CCc1cccc(/C=N/NC(=O)CSc2nc3ccccc3n2Cc2ccc(Cl)cc2)c1O. The number of fused-ring (bicyclic) bond motifs is 1. The van der Waals surface area contributed by atoms with Gasteiger partial charge in [0.15, 0.2) is 5.16 Å². The summed E-state index contributed by atoms with van der Waals surface area (Å²) in [6, 6.07) is 20.9. The van der Waals surface area contributed by atoms with Crippen LogP contribution in [0.15, 0.2) is 89.6 Å². The molecule has 8 heteroatoms. The summed E-state index contributed by atoms with van der Waals surface area (Å²) in [7, 11) is 0. The molecule has 0 unspecified atom stereocenters. The van der Waals surface area contributed by atoms with Gasteiger partial charge in [0, 0.05) is 10.6 Å². The van der Waals surface area contributed by atoms with Crippen LogP contribution < -0.4 is 5.43 Å². The van der Waals surface area contributed by atoms with E-state index in [2.05, 4.69) is 21.7 Å². The van der Waals surface area contributed by atoms with Crippen molar-refractivity contribution in [3.8, 4) is 5.75 Å². The Labute approximate surface area is 207 Å². The summed E-state index contributed by atoms with van der Waals surface area (Å²) < 4.78 is 2.09. The largest absolute Gasteiger partial charge is 0.507 e. The predicted octanol–water partition coefficient (Wildman–Crippen LogP) is 5.41. The third-order valence-corrected chi connectivity index (χ3v) is 6.34. The molecule has 0 radical (unpaired) electrons. The van der Waals surface area contributed by atoms with Crippen LogP contribution in [0, 0.1) is 0 Å². The number of hydrogen-bond donors (Lipinski definition) is 2. The molecule has 4 aromatic rings. The molecule has 4 rings (SSSR count). The maximum absolute atomic E-state index is 12.4. The zero-order valence-corrected chi connectivity index (χ0v) is 19.9. The standard InChI is InChI=1S/C26H23ClN4O2S/c1-2-6-19-7-5-8-20(25(19)33)15-28-30-24(32)17-34-26-29-22-9-3-4-10-23(22)31(26)16-18-11-13-21(27)14-12-18/h2-5,7-15,33H,1,6,16-17H2,(H,30,32)/b28-15+. The number of para-hydroxylation sites is 3. The maximum Gasteiger partial charge on any atom is 0.250 e. The first-order chi connectivity index (χ1) is 16.5. The lowest BCUT2D eigenvalue weighted by molar-refractivity contribution is -0.118. The van der Waals surface area contributed by atoms with Crippen molar-refractivity contribution >= 4 is 46.5 Å². The zero-order valence-electron chi connectivity index (χ0n) is 18.3. The number of carbonyl (C=O) groups is 1. The lowest BCUT2D eigenvalue weighted by Crippen LogP contribution is -2.20. The monoisotopic (exact) mass is 490 g/mol. The van der Waals surface area contributed by atoms with Gasteiger partial charge in [-0.3, -0.25) is 4.79 Å². The number of aromatic hydroxyl groups is 1. The molecule has 0 aliphatic rings. The second-order valence-electron chi connectivity index (χ2n) is 7.53. The van der Waals surface area contributed by atoms with Crippen molar-refractivity contribution < 1.29 is 9.90 Å². The number of rotatable bonds is 9. The molecule has 2 N–H and O–H groups in total. The summed E-state index contributed by atoms with van der Waals surface area (Å²) in [6.45, 7) is 4.30. The van der Waals surface area contributed by atoms with Gasteiger partial charge in [0.25, 0.3) is 5.91 Å². The van der Waals surface area contributed by atoms with Gasteiger partial charge < -0.3 is 9.67 Å². The molecule has 1 aromatic heterocycles. The summed E-state index contributed by atoms with van der Waals surface area (Å²) >= 11 is 7.36. The van der Waals surface area contributed by atoms with Gasteiger partial charge in [0.1, 0.15) is 5.75 Å². The van der Waals surface area contributed by atoms with Gasteiger partial charge in [-0.15, -0.1) is 6.58 Å². The first kappa shape index (κ1) is 23.6. The number of hydrogen-bond acceptors (Lipinski definition) is 5. The number of phenols is 1. The van der Waals surface area contributed by atoms with Crippen molar-refractivity contribution in [3.05, 3.63) is 101 Å². The van der Waals surface area contributed by atoms with Crippen LogP contribution in [0.25, 0.3) is 11.0 Å². The number of aromatic nitrogens is 2. The fourth-order valence-corrected chi connectivity index (χ4v) is 4.39. The quantitative estimate of drug-likeness (QED) is 0.142. The van der Waals surface area contributed by atoms with Gasteiger partial charge in [0.05, 0.1) is 29.5 Å². The van der Waals surface area contributed by atoms with Crippen LogP contribution in [0.1, 0.15) is 16.7 Å². The van der Waals surface area contributed by atoms with E-state index in [4.69, 9.17) is 16.6 Å². The van der Waals surface area contributed by atoms with Gasteiger partial charge in [0.2, 0.25) is 0 Å². The van der Waals surface area contributed by atoms with Gasteiger partial charge in [-0.25, -0.2) is 10.4 Å². The number of allylic oxidation sites excluding steroid dienone is 1. The highest BCUT2D eigenvalue weighted by Gasteiger charge is 2.13. The lowest BCUT2D eigenvalue weighted by Gasteiger charge is -2.09. The highest BCUT2D eigenvalue weighted by molar-refractivity contribution is 7.99. The van der Waals surface area contributed by atoms with Gasteiger partial charge in [-0.05, 0) is 47.9 Å². The lowest BCUT2D eigenvalue weighted by atomic mass is 10.1. The van der Waals surface area contributed by atoms with Crippen molar-refractivity contribution in [2.24, 2.45) is 5.10 Å². The summed E-state index contributed by atoms with van der Waals surface area (Å²) in [6.07, 6.45) is 3.70. The fraction of sp³-hybridized carbons (Fsp3) is 0.115. The van der Waals surface area contributed by atoms with E-state index in [1.54, 1.807) is 12.1 Å². The van der Waals surface area contributed by atoms with E-state index < -0.39 is 0 Å². The number of imidazole rings is 1. The third kappa shape index (κ3) is 5.68. The summed E-state index contributed by atoms with van der Waals surface area (Å²) in [5.41, 5.74) is 6.74. The molecule has 0 bridgehead atoms. The number of phenolic OH excluding ortho intramolecular Hbond substituents is 1. The zero-order chi connectivity index (χ0) is 23.9. The number of halogens is 1. The number of benzene rings is 3. The van der Waals surface area contributed by atoms with Crippen LogP contribution in [-0.2, 0) is 17.8 Å². The first-order valence-corrected chi connectivity index (χ1v) is 12.0. The second kappa shape index (κ2) is 11.0. The fourth-order valence-electron chi connectivity index (χ4n) is 3.46. The number of amides is 1. The molecule has 172 valence electrons. The Morgan fingerprint density at radius 3 is 2.74 bits per heavy atom. The van der Waals surface area contributed by atoms with E-state index in [0.717, 1.165) is 27.3 Å². The number of thioether (sulfide) groups is 1. The molecule has 0 aliphatic carbocycles. The Balaban J connectivity index is 1.43. The molecule has 0 atom stereocenters. The molecular formula is C26H23ClN4O2S. The Bertz CT molecular complexity index is 1350. The normalized spacial score (nSPS) is 11.2. The Morgan fingerprint density at radius 1 is 1.15 bits per heavy atom. The minimum atomic E-state index is -0.270. The molecule has 0 aliphatic heterocycles. The highest BCUT2D eigenvalue weighted by atomic mass is 35.5. The van der Waals surface area contributed by atoms with Gasteiger partial charge >= 0.3 is 0 Å². The molecule has 0 fully saturated rings. The van der Waals surface area contributed by atoms with Crippen molar-refractivity contribution in [1.82, 2.24) is 15.0 Å². The van der Waals surface area contributed by atoms with Crippen LogP contribution >= 0.6 is 23.4 Å². The third-order valence-electron chi connectivity index (χ3n) is 5.11. The van der Waals surface area contributed by atoms with Crippen LogP contribution in [-0.4, -0.2) is 32.5 Å². The van der Waals surface area contributed by atoms with Crippen molar-refractivity contribution in [2.45, 2.75) is 18.1 Å². The van der Waals surface area contributed by atoms with Gasteiger partial charge in [-0.2, -0.15) is 5.10 Å². The molecule has 3 aromatic carbocycles. The summed E-state index contributed by atoms with van der Waals surface area (Å²) in [4.78, 5) is 17.1. The Kier molecular flexibility index (Phi) is 7.67. The molecule has 1 heterocycles. The maximum atomic E-state index is 12.4. The van der Waals surface area contributed by atoms with Crippen LogP contribution in [0.4, 0.5) is 0 Å². The molecule has 34 heavy (non-hydrogen) atoms. The minimum absolute atomic E-state index is 0.130. The van der Waals surface area contributed by atoms with E-state index in [0.29, 0.717) is 23.6 Å². The van der Waals surface area contributed by atoms with Crippen molar-refractivity contribution in [3.63, 3.8) is 0 Å². The molecule has 6 nitrogen and oxygen atoms in total. The molecule has 0 saturated heterocycles. The summed E-state index contributed by atoms with van der Waals surface area (Å²) in [5.74, 6) is 0.00260. The smallest absolute Gasteiger partial charge is 0.250 e. The minimum Gasteiger partial charge on any atom is -0.507 e. The van der Waals surface area contributed by atoms with Crippen LogP contribution in [0.3, 0.4) is 0 Å². The molecular weight excluding hydrogens is 468 g/mol.